The normalized spacial score (nSPS) is 28.9. The molecule has 1 atom stereocenters. The van der Waals surface area contributed by atoms with Crippen LogP contribution in [0.15, 0.2) is 6.20 Å². The Morgan fingerprint density at radius 1 is 1.42 bits per heavy atom. The Morgan fingerprint density at radius 3 is 2.95 bits per heavy atom. The first-order chi connectivity index (χ1) is 9.19. The highest BCUT2D eigenvalue weighted by molar-refractivity contribution is 6.29. The average molecular weight is 283 g/mol. The van der Waals surface area contributed by atoms with Crippen molar-refractivity contribution in [2.75, 3.05) is 26.2 Å². The van der Waals surface area contributed by atoms with Crippen molar-refractivity contribution in [3.63, 3.8) is 0 Å². The van der Waals surface area contributed by atoms with Gasteiger partial charge in [0.25, 0.3) is 0 Å². The highest BCUT2D eigenvalue weighted by atomic mass is 35.5. The van der Waals surface area contributed by atoms with Gasteiger partial charge in [-0.3, -0.25) is 4.90 Å². The van der Waals surface area contributed by atoms with E-state index in [0.29, 0.717) is 5.41 Å². The van der Waals surface area contributed by atoms with Crippen LogP contribution in [0.5, 0.6) is 0 Å². The molecule has 0 aliphatic carbocycles. The molecule has 19 heavy (non-hydrogen) atoms. The van der Waals surface area contributed by atoms with Gasteiger partial charge in [-0.25, -0.2) is 4.98 Å². The van der Waals surface area contributed by atoms with E-state index in [4.69, 9.17) is 11.6 Å². The molecule has 1 aromatic rings. The van der Waals surface area contributed by atoms with Crippen molar-refractivity contribution in [1.82, 2.24) is 19.8 Å². The monoisotopic (exact) mass is 282 g/mol. The van der Waals surface area contributed by atoms with Crippen molar-refractivity contribution in [1.29, 1.82) is 0 Å². The number of imidazole rings is 1. The zero-order valence-corrected chi connectivity index (χ0v) is 12.4. The summed E-state index contributed by atoms with van der Waals surface area (Å²) in [5, 5.41) is 4.30. The molecular weight excluding hydrogens is 260 g/mol. The highest BCUT2D eigenvalue weighted by Gasteiger charge is 2.36. The van der Waals surface area contributed by atoms with Crippen LogP contribution < -0.4 is 5.32 Å². The van der Waals surface area contributed by atoms with Gasteiger partial charge < -0.3 is 9.88 Å². The number of halogens is 1. The maximum atomic E-state index is 6.06. The van der Waals surface area contributed by atoms with Crippen LogP contribution in [0.2, 0.25) is 5.15 Å². The van der Waals surface area contributed by atoms with E-state index in [0.717, 1.165) is 17.5 Å². The fourth-order valence-corrected chi connectivity index (χ4v) is 3.74. The predicted octanol–water partition coefficient (Wildman–Crippen LogP) is 2.04. The van der Waals surface area contributed by atoms with Gasteiger partial charge >= 0.3 is 0 Å². The molecule has 2 aliphatic heterocycles. The van der Waals surface area contributed by atoms with Crippen LogP contribution in [0.1, 0.15) is 31.5 Å². The van der Waals surface area contributed by atoms with Gasteiger partial charge in [-0.1, -0.05) is 11.6 Å². The van der Waals surface area contributed by atoms with Crippen LogP contribution in [-0.2, 0) is 13.6 Å². The summed E-state index contributed by atoms with van der Waals surface area (Å²) in [6.45, 7) is 5.68. The summed E-state index contributed by atoms with van der Waals surface area (Å²) in [6, 6.07) is 0. The van der Waals surface area contributed by atoms with Crippen molar-refractivity contribution < 1.29 is 0 Å². The first kappa shape index (κ1) is 13.4. The van der Waals surface area contributed by atoms with Gasteiger partial charge in [0.1, 0.15) is 11.0 Å². The molecule has 0 radical (unpaired) electrons. The second kappa shape index (κ2) is 5.43. The van der Waals surface area contributed by atoms with Crippen LogP contribution in [0.25, 0.3) is 0 Å². The fraction of sp³-hybridized carbons (Fsp3) is 0.786. The van der Waals surface area contributed by atoms with Gasteiger partial charge in [0.15, 0.2) is 0 Å². The van der Waals surface area contributed by atoms with Crippen LogP contribution >= 0.6 is 11.6 Å². The molecule has 1 unspecified atom stereocenters. The van der Waals surface area contributed by atoms with Gasteiger partial charge in [-0.05, 0) is 44.2 Å². The second-order valence-electron chi connectivity index (χ2n) is 6.15. The maximum Gasteiger partial charge on any atom is 0.128 e. The number of nitrogens with one attached hydrogen (secondary N) is 1. The molecule has 0 amide bonds. The minimum atomic E-state index is 0.505. The van der Waals surface area contributed by atoms with Crippen LogP contribution in [0.3, 0.4) is 0 Å². The molecule has 0 aromatic carbocycles. The molecule has 2 aliphatic rings. The third kappa shape index (κ3) is 2.81. The highest BCUT2D eigenvalue weighted by Crippen LogP contribution is 2.36. The molecule has 0 saturated carbocycles. The van der Waals surface area contributed by atoms with Gasteiger partial charge in [-0.15, -0.1) is 0 Å². The number of likely N-dealkylation sites (tertiary alicyclic amines) is 1. The smallest absolute Gasteiger partial charge is 0.128 e. The molecule has 3 rings (SSSR count). The van der Waals surface area contributed by atoms with E-state index in [1.165, 1.54) is 51.9 Å². The lowest BCUT2D eigenvalue weighted by Crippen LogP contribution is -2.50. The van der Waals surface area contributed by atoms with Gasteiger partial charge in [-0.2, -0.15) is 0 Å². The van der Waals surface area contributed by atoms with Crippen LogP contribution in [-0.4, -0.2) is 40.6 Å². The average Bonchev–Trinajstić information content (AvgIpc) is 2.72. The van der Waals surface area contributed by atoms with E-state index >= 15 is 0 Å². The largest absolute Gasteiger partial charge is 0.321 e. The lowest BCUT2D eigenvalue weighted by Gasteiger charge is -2.45. The van der Waals surface area contributed by atoms with Crippen molar-refractivity contribution in [2.45, 2.75) is 32.2 Å². The third-order valence-corrected chi connectivity index (χ3v) is 5.04. The topological polar surface area (TPSA) is 33.1 Å². The van der Waals surface area contributed by atoms with E-state index in [2.05, 4.69) is 15.2 Å². The molecule has 4 nitrogen and oxygen atoms in total. The number of nitrogens with zero attached hydrogens (tertiary/aromatic N) is 3. The summed E-state index contributed by atoms with van der Waals surface area (Å²) in [5.74, 6) is 1.07. The van der Waals surface area contributed by atoms with E-state index in [-0.39, 0.29) is 0 Å². The summed E-state index contributed by atoms with van der Waals surface area (Å²) >= 11 is 6.06. The van der Waals surface area contributed by atoms with Gasteiger partial charge in [0.2, 0.25) is 0 Å². The summed E-state index contributed by atoms with van der Waals surface area (Å²) in [5.41, 5.74) is 0.505. The minimum Gasteiger partial charge on any atom is -0.321 e. The fourth-order valence-electron chi connectivity index (χ4n) is 3.59. The van der Waals surface area contributed by atoms with Crippen LogP contribution in [0.4, 0.5) is 0 Å². The second-order valence-corrected chi connectivity index (χ2v) is 6.54. The van der Waals surface area contributed by atoms with Gasteiger partial charge in [0, 0.05) is 20.1 Å². The Kier molecular flexibility index (Phi) is 3.83. The first-order valence-electron chi connectivity index (χ1n) is 7.28. The molecule has 106 valence electrons. The predicted molar refractivity (Wildman–Crippen MR) is 77.3 cm³/mol. The van der Waals surface area contributed by atoms with Crippen molar-refractivity contribution in [3.05, 3.63) is 17.2 Å². The minimum absolute atomic E-state index is 0.505. The molecule has 1 N–H and O–H groups in total. The standard InChI is InChI=1S/C14H23ClN4/c1-18-12(15)8-17-13(18)9-19-7-3-5-14(11-19)4-2-6-16-10-14/h8,16H,2-7,9-11H2,1H3. The zero-order chi connectivity index (χ0) is 13.3. The number of hydrogen-bond acceptors (Lipinski definition) is 3. The summed E-state index contributed by atoms with van der Waals surface area (Å²) in [7, 11) is 1.99. The maximum absolute atomic E-state index is 6.06. The van der Waals surface area contributed by atoms with Crippen molar-refractivity contribution in [2.24, 2.45) is 12.5 Å². The number of aromatic nitrogens is 2. The van der Waals surface area contributed by atoms with E-state index in [1.54, 1.807) is 6.20 Å². The number of rotatable bonds is 2. The molecule has 2 fully saturated rings. The Labute approximate surface area is 120 Å². The Morgan fingerprint density at radius 2 is 2.26 bits per heavy atom. The Balaban J connectivity index is 1.66. The van der Waals surface area contributed by atoms with E-state index in [9.17, 15) is 0 Å². The van der Waals surface area contributed by atoms with E-state index in [1.807, 2.05) is 11.6 Å². The number of piperidine rings is 2. The van der Waals surface area contributed by atoms with E-state index < -0.39 is 0 Å². The molecule has 3 heterocycles. The summed E-state index contributed by atoms with van der Waals surface area (Å²) < 4.78 is 1.99. The van der Waals surface area contributed by atoms with Gasteiger partial charge in [0.05, 0.1) is 12.7 Å². The summed E-state index contributed by atoms with van der Waals surface area (Å²) in [4.78, 5) is 6.97. The molecule has 2 saturated heterocycles. The third-order valence-electron chi connectivity index (χ3n) is 4.69. The Hall–Kier alpha value is -0.580. The zero-order valence-electron chi connectivity index (χ0n) is 11.7. The van der Waals surface area contributed by atoms with Crippen LogP contribution in [0, 0.1) is 5.41 Å². The van der Waals surface area contributed by atoms with Crippen molar-refractivity contribution >= 4 is 11.6 Å². The van der Waals surface area contributed by atoms with Crippen molar-refractivity contribution in [3.8, 4) is 0 Å². The lowest BCUT2D eigenvalue weighted by molar-refractivity contribution is 0.0581. The molecule has 1 spiro atoms. The Bertz CT molecular complexity index is 431. The molecule has 1 aromatic heterocycles. The SMILES string of the molecule is Cn1c(Cl)cnc1CN1CCCC2(CCCNC2)C1. The number of hydrogen-bond donors (Lipinski definition) is 1. The lowest BCUT2D eigenvalue weighted by atomic mass is 9.74. The molecule has 0 bridgehead atoms. The molecule has 5 heteroatoms. The quantitative estimate of drug-likeness (QED) is 0.901. The molecular formula is C14H23ClN4. The summed E-state index contributed by atoms with van der Waals surface area (Å²) in [6.07, 6.45) is 7.12. The first-order valence-corrected chi connectivity index (χ1v) is 7.66.